The lowest BCUT2D eigenvalue weighted by molar-refractivity contribution is 1.18. The first-order valence-electron chi connectivity index (χ1n) is 18.9. The van der Waals surface area contributed by atoms with E-state index in [0.717, 1.165) is 34.1 Å². The second-order valence-corrected chi connectivity index (χ2v) is 14.3. The van der Waals surface area contributed by atoms with Crippen LogP contribution in [-0.4, -0.2) is 14.4 Å². The van der Waals surface area contributed by atoms with Crippen molar-refractivity contribution in [1.82, 2.24) is 14.4 Å². The summed E-state index contributed by atoms with van der Waals surface area (Å²) in [5, 5.41) is 4.70. The van der Waals surface area contributed by atoms with Gasteiger partial charge in [-0.2, -0.15) is 0 Å². The first kappa shape index (κ1) is 32.6. The molecule has 4 aromatic heterocycles. The Morgan fingerprint density at radius 1 is 0.618 bits per heavy atom. The maximum atomic E-state index is 4.28. The molecule has 0 bridgehead atoms. The fraction of sp³-hybridized carbons (Fsp3) is 0.0588. The molecule has 0 aliphatic heterocycles. The molecule has 2 aliphatic rings. The third kappa shape index (κ3) is 6.28. The first-order chi connectivity index (χ1) is 27.2. The van der Waals surface area contributed by atoms with Gasteiger partial charge in [-0.1, -0.05) is 85.0 Å². The van der Waals surface area contributed by atoms with Crippen LogP contribution in [0.1, 0.15) is 23.6 Å². The van der Waals surface area contributed by atoms with E-state index >= 15 is 0 Å². The Balaban J connectivity index is 0.969. The zero-order valence-corrected chi connectivity index (χ0v) is 30.5. The first-order valence-corrected chi connectivity index (χ1v) is 18.9. The topological polar surface area (TPSA) is 33.4 Å². The molecule has 0 fully saturated rings. The average Bonchev–Trinajstić information content (AvgIpc) is 3.94. The number of pyridine rings is 3. The fourth-order valence-corrected chi connectivity index (χ4v) is 7.93. The Morgan fingerprint density at radius 3 is 2.13 bits per heavy atom. The van der Waals surface area contributed by atoms with Gasteiger partial charge in [0.05, 0.1) is 0 Å². The van der Waals surface area contributed by atoms with E-state index in [1.165, 1.54) is 60.7 Å². The lowest BCUT2D eigenvalue weighted by Crippen LogP contribution is -2.24. The summed E-state index contributed by atoms with van der Waals surface area (Å²) >= 11 is 0. The molecular formula is C51H38N4. The van der Waals surface area contributed by atoms with Crippen molar-refractivity contribution >= 4 is 56.6 Å². The number of benzene rings is 4. The predicted molar refractivity (Wildman–Crippen MR) is 229 cm³/mol. The van der Waals surface area contributed by atoms with Gasteiger partial charge in [0.2, 0.25) is 0 Å². The van der Waals surface area contributed by atoms with Crippen molar-refractivity contribution in [3.63, 3.8) is 0 Å². The molecule has 10 rings (SSSR count). The molecule has 0 radical (unpaired) electrons. The minimum atomic E-state index is 0.382. The van der Waals surface area contributed by atoms with E-state index in [1.807, 2.05) is 24.8 Å². The van der Waals surface area contributed by atoms with Gasteiger partial charge in [0.15, 0.2) is 0 Å². The molecule has 2 aliphatic carbocycles. The van der Waals surface area contributed by atoms with Crippen molar-refractivity contribution in [3.8, 4) is 11.1 Å². The van der Waals surface area contributed by atoms with Crippen LogP contribution in [0, 0.1) is 5.92 Å². The van der Waals surface area contributed by atoms with Crippen molar-refractivity contribution in [3.05, 3.63) is 216 Å². The maximum Gasteiger partial charge on any atom is 0.0462 e. The van der Waals surface area contributed by atoms with E-state index in [1.54, 1.807) is 0 Å². The molecule has 0 saturated heterocycles. The van der Waals surface area contributed by atoms with Crippen LogP contribution >= 0.6 is 0 Å². The summed E-state index contributed by atoms with van der Waals surface area (Å²) in [5.74, 6) is 0.382. The predicted octanol–water partition coefficient (Wildman–Crippen LogP) is 10.9. The Bertz CT molecular complexity index is 2910. The summed E-state index contributed by atoms with van der Waals surface area (Å²) in [6, 6.07) is 46.3. The zero-order valence-electron chi connectivity index (χ0n) is 30.5. The number of rotatable bonds is 8. The van der Waals surface area contributed by atoms with Crippen molar-refractivity contribution in [2.45, 2.75) is 13.3 Å². The molecule has 0 spiro atoms. The molecule has 4 nitrogen and oxygen atoms in total. The van der Waals surface area contributed by atoms with Crippen LogP contribution in [0.5, 0.6) is 0 Å². The van der Waals surface area contributed by atoms with Gasteiger partial charge in [0, 0.05) is 71.1 Å². The average molecular weight is 707 g/mol. The van der Waals surface area contributed by atoms with Crippen LogP contribution < -0.4 is 15.3 Å². The molecule has 0 N–H and O–H groups in total. The van der Waals surface area contributed by atoms with Gasteiger partial charge < -0.3 is 9.30 Å². The molecule has 4 heteroatoms. The van der Waals surface area contributed by atoms with Gasteiger partial charge in [-0.05, 0) is 147 Å². The minimum absolute atomic E-state index is 0.382. The highest BCUT2D eigenvalue weighted by Gasteiger charge is 2.35. The Hall–Kier alpha value is -7.04. The largest absolute Gasteiger partial charge is 0.323 e. The van der Waals surface area contributed by atoms with Crippen molar-refractivity contribution < 1.29 is 0 Å². The van der Waals surface area contributed by atoms with Crippen LogP contribution in [0.25, 0.3) is 50.7 Å². The molecule has 0 amide bonds. The van der Waals surface area contributed by atoms with E-state index in [4.69, 9.17) is 0 Å². The van der Waals surface area contributed by atoms with Gasteiger partial charge in [-0.15, -0.1) is 0 Å². The fourth-order valence-electron chi connectivity index (χ4n) is 7.93. The van der Waals surface area contributed by atoms with Gasteiger partial charge >= 0.3 is 0 Å². The second kappa shape index (κ2) is 13.7. The number of hydrogen-bond donors (Lipinski definition) is 0. The number of nitrogens with zero attached hydrogens (tertiary/aromatic N) is 4. The van der Waals surface area contributed by atoms with Crippen molar-refractivity contribution in [2.75, 3.05) is 4.90 Å². The molecule has 262 valence electrons. The normalized spacial score (nSPS) is 15.4. The number of allylic oxidation sites excluding steroid dienone is 6. The lowest BCUT2D eigenvalue weighted by Gasteiger charge is -2.26. The summed E-state index contributed by atoms with van der Waals surface area (Å²) in [6.07, 6.45) is 24.2. The number of fused-ring (bicyclic) bond motifs is 3. The zero-order chi connectivity index (χ0) is 36.7. The number of hydrogen-bond acceptors (Lipinski definition) is 3. The smallest absolute Gasteiger partial charge is 0.0462 e. The minimum Gasteiger partial charge on any atom is -0.323 e. The lowest BCUT2D eigenvalue weighted by atomic mass is 9.90. The number of anilines is 3. The van der Waals surface area contributed by atoms with Crippen LogP contribution in [0.15, 0.2) is 188 Å². The standard InChI is InChI=1S/C51H38N4/c1-2-36-32-52-26-24-38(36)9-6-35-7-16-44(17-8-35)55(45-18-12-37(13-19-45)40-10-11-42-33-53-27-25-41(42)29-40)46-20-14-39(15-21-46)48-22-23-49(51-31-50(48)51)43-30-47-5-3-4-28-54(47)34-43/h2-5,7-34,51H,6H2,1H3/b36-2-,38-9-/t51-/m0/s1. The third-order valence-corrected chi connectivity index (χ3v) is 11.0. The highest BCUT2D eigenvalue weighted by molar-refractivity contribution is 5.97. The number of aromatic nitrogens is 3. The van der Waals surface area contributed by atoms with E-state index in [2.05, 4.69) is 196 Å². The van der Waals surface area contributed by atoms with Gasteiger partial charge in [-0.3, -0.25) is 9.97 Å². The maximum absolute atomic E-state index is 4.28. The van der Waals surface area contributed by atoms with Gasteiger partial charge in [0.25, 0.3) is 0 Å². The van der Waals surface area contributed by atoms with Crippen LogP contribution in [-0.2, 0) is 6.42 Å². The highest BCUT2D eigenvalue weighted by Crippen LogP contribution is 2.51. The SMILES string of the molecule is C/C=c1/cncc/c1=C/Cc1ccc(N(c2ccc(C3=CC=C(c4cc5ccccn5c4)[C@@H]4C=C34)cc2)c2ccc(-c3ccc4cnccc4c3)cc2)cc1. The summed E-state index contributed by atoms with van der Waals surface area (Å²) in [5.41, 5.74) is 14.8. The quantitative estimate of drug-likeness (QED) is 0.158. The van der Waals surface area contributed by atoms with Crippen LogP contribution in [0.3, 0.4) is 0 Å². The summed E-state index contributed by atoms with van der Waals surface area (Å²) in [4.78, 5) is 10.9. The summed E-state index contributed by atoms with van der Waals surface area (Å²) in [7, 11) is 0. The second-order valence-electron chi connectivity index (χ2n) is 14.3. The molecular weight excluding hydrogens is 669 g/mol. The van der Waals surface area contributed by atoms with E-state index < -0.39 is 0 Å². The summed E-state index contributed by atoms with van der Waals surface area (Å²) < 4.78 is 2.20. The Kier molecular flexibility index (Phi) is 8.15. The summed E-state index contributed by atoms with van der Waals surface area (Å²) in [6.45, 7) is 2.06. The van der Waals surface area contributed by atoms with Gasteiger partial charge in [-0.25, -0.2) is 0 Å². The Morgan fingerprint density at radius 2 is 1.35 bits per heavy atom. The molecule has 4 aromatic carbocycles. The van der Waals surface area contributed by atoms with E-state index in [0.29, 0.717) is 5.92 Å². The monoisotopic (exact) mass is 706 g/mol. The molecule has 8 aromatic rings. The van der Waals surface area contributed by atoms with Crippen molar-refractivity contribution in [1.29, 1.82) is 0 Å². The van der Waals surface area contributed by atoms with Crippen LogP contribution in [0.4, 0.5) is 17.1 Å². The molecule has 1 atom stereocenters. The van der Waals surface area contributed by atoms with Crippen LogP contribution in [0.2, 0.25) is 0 Å². The molecule has 4 heterocycles. The Labute approximate surface area is 320 Å². The molecule has 55 heavy (non-hydrogen) atoms. The van der Waals surface area contributed by atoms with Gasteiger partial charge in [0.1, 0.15) is 0 Å². The van der Waals surface area contributed by atoms with E-state index in [9.17, 15) is 0 Å². The highest BCUT2D eigenvalue weighted by atomic mass is 15.1. The van der Waals surface area contributed by atoms with Crippen molar-refractivity contribution in [2.24, 2.45) is 5.92 Å². The molecule has 0 saturated carbocycles. The molecule has 0 unspecified atom stereocenters. The van der Waals surface area contributed by atoms with E-state index in [-0.39, 0.29) is 0 Å². The third-order valence-electron chi connectivity index (χ3n) is 11.0.